The predicted octanol–water partition coefficient (Wildman–Crippen LogP) is 3.28. The number of aliphatic hydroxyl groups is 1. The quantitative estimate of drug-likeness (QED) is 0.845. The largest absolute Gasteiger partial charge is 0.388 e. The van der Waals surface area contributed by atoms with E-state index >= 15 is 0 Å². The minimum atomic E-state index is -0.902. The molecule has 1 aromatic carbocycles. The third kappa shape index (κ3) is 6.04. The molecule has 0 heterocycles. The van der Waals surface area contributed by atoms with Gasteiger partial charge in [-0.15, -0.1) is 0 Å². The van der Waals surface area contributed by atoms with Gasteiger partial charge in [-0.3, -0.25) is 4.79 Å². The Labute approximate surface area is 127 Å². The summed E-state index contributed by atoms with van der Waals surface area (Å²) in [4.78, 5) is 11.7. The SMILES string of the molecule is CS[C@H](C)CNC(=O)C[C@@H](O)c1cc(Cl)cc(Cl)c1. The lowest BCUT2D eigenvalue weighted by atomic mass is 10.1. The lowest BCUT2D eigenvalue weighted by molar-refractivity contribution is -0.123. The van der Waals surface area contributed by atoms with Crippen LogP contribution in [0.5, 0.6) is 0 Å². The molecular formula is C13H17Cl2NO2S. The molecule has 0 radical (unpaired) electrons. The summed E-state index contributed by atoms with van der Waals surface area (Å²) in [5.74, 6) is -0.190. The van der Waals surface area contributed by atoms with E-state index in [0.717, 1.165) is 0 Å². The van der Waals surface area contributed by atoms with Crippen LogP contribution in [0.4, 0.5) is 0 Å². The summed E-state index contributed by atoms with van der Waals surface area (Å²) in [7, 11) is 0. The first-order chi connectivity index (χ1) is 8.92. The van der Waals surface area contributed by atoms with Gasteiger partial charge in [-0.1, -0.05) is 30.1 Å². The number of aliphatic hydroxyl groups excluding tert-OH is 1. The van der Waals surface area contributed by atoms with Gasteiger partial charge in [0.15, 0.2) is 0 Å². The fourth-order valence-corrected chi connectivity index (χ4v) is 2.27. The van der Waals surface area contributed by atoms with Crippen LogP contribution in [0.15, 0.2) is 18.2 Å². The highest BCUT2D eigenvalue weighted by Gasteiger charge is 2.14. The number of nitrogens with one attached hydrogen (secondary N) is 1. The monoisotopic (exact) mass is 321 g/mol. The summed E-state index contributed by atoms with van der Waals surface area (Å²) in [6, 6.07) is 4.80. The van der Waals surface area contributed by atoms with E-state index in [9.17, 15) is 9.90 Å². The molecule has 3 nitrogen and oxygen atoms in total. The van der Waals surface area contributed by atoms with Gasteiger partial charge in [-0.2, -0.15) is 11.8 Å². The Kier molecular flexibility index (Phi) is 7.00. The molecule has 2 N–H and O–H groups in total. The number of hydrogen-bond donors (Lipinski definition) is 2. The number of rotatable bonds is 6. The molecule has 0 saturated carbocycles. The molecule has 6 heteroatoms. The van der Waals surface area contributed by atoms with E-state index in [2.05, 4.69) is 5.32 Å². The van der Waals surface area contributed by atoms with E-state index in [1.54, 1.807) is 30.0 Å². The van der Waals surface area contributed by atoms with Crippen LogP contribution in [0, 0.1) is 0 Å². The maximum absolute atomic E-state index is 11.7. The smallest absolute Gasteiger partial charge is 0.222 e. The van der Waals surface area contributed by atoms with E-state index < -0.39 is 6.10 Å². The van der Waals surface area contributed by atoms with E-state index in [4.69, 9.17) is 23.2 Å². The zero-order valence-corrected chi connectivity index (χ0v) is 13.1. The molecule has 0 aliphatic carbocycles. The van der Waals surface area contributed by atoms with Crippen molar-refractivity contribution >= 4 is 40.9 Å². The van der Waals surface area contributed by atoms with Gasteiger partial charge in [0.1, 0.15) is 0 Å². The molecule has 19 heavy (non-hydrogen) atoms. The topological polar surface area (TPSA) is 49.3 Å². The summed E-state index contributed by atoms with van der Waals surface area (Å²) in [6.07, 6.45) is 1.08. The molecule has 0 spiro atoms. The molecule has 0 aromatic heterocycles. The first-order valence-electron chi connectivity index (χ1n) is 5.86. The summed E-state index contributed by atoms with van der Waals surface area (Å²) in [6.45, 7) is 2.61. The molecule has 106 valence electrons. The van der Waals surface area contributed by atoms with Crippen molar-refractivity contribution in [1.29, 1.82) is 0 Å². The van der Waals surface area contributed by atoms with E-state index in [1.807, 2.05) is 13.2 Å². The fourth-order valence-electron chi connectivity index (χ4n) is 1.47. The number of carbonyl (C=O) groups excluding carboxylic acids is 1. The molecule has 0 aliphatic heterocycles. The fraction of sp³-hybridized carbons (Fsp3) is 0.462. The summed E-state index contributed by atoms with van der Waals surface area (Å²) >= 11 is 13.4. The Hall–Kier alpha value is -0.420. The van der Waals surface area contributed by atoms with Gasteiger partial charge in [0, 0.05) is 21.8 Å². The van der Waals surface area contributed by atoms with Crippen molar-refractivity contribution in [2.75, 3.05) is 12.8 Å². The second kappa shape index (κ2) is 8.00. The van der Waals surface area contributed by atoms with Gasteiger partial charge < -0.3 is 10.4 Å². The summed E-state index contributed by atoms with van der Waals surface area (Å²) < 4.78 is 0. The molecule has 0 saturated heterocycles. The predicted molar refractivity (Wildman–Crippen MR) is 82.0 cm³/mol. The van der Waals surface area contributed by atoms with Gasteiger partial charge in [-0.05, 0) is 30.0 Å². The first kappa shape index (κ1) is 16.6. The van der Waals surface area contributed by atoms with Gasteiger partial charge in [0.05, 0.1) is 12.5 Å². The second-order valence-electron chi connectivity index (χ2n) is 4.27. The number of carbonyl (C=O) groups is 1. The standard InChI is InChI=1S/C13H17Cl2NO2S/c1-8(19-2)7-16-13(18)6-12(17)9-3-10(14)5-11(15)4-9/h3-5,8,12,17H,6-7H2,1-2H3,(H,16,18)/t8-,12-/m1/s1. The average Bonchev–Trinajstić information content (AvgIpc) is 2.34. The van der Waals surface area contributed by atoms with Crippen LogP contribution in [-0.2, 0) is 4.79 Å². The molecule has 1 rings (SSSR count). The van der Waals surface area contributed by atoms with Crippen LogP contribution < -0.4 is 5.32 Å². The van der Waals surface area contributed by atoms with Crippen molar-refractivity contribution in [3.63, 3.8) is 0 Å². The Balaban J connectivity index is 2.54. The minimum absolute atomic E-state index is 0.00221. The summed E-state index contributed by atoms with van der Waals surface area (Å²) in [5.41, 5.74) is 0.547. The van der Waals surface area contributed by atoms with Gasteiger partial charge in [0.2, 0.25) is 5.91 Å². The van der Waals surface area contributed by atoms with E-state index in [1.165, 1.54) is 0 Å². The average molecular weight is 322 g/mol. The second-order valence-corrected chi connectivity index (χ2v) is 6.42. The number of thioether (sulfide) groups is 1. The molecule has 0 unspecified atom stereocenters. The van der Waals surface area contributed by atoms with Crippen molar-refractivity contribution in [2.24, 2.45) is 0 Å². The molecule has 0 fully saturated rings. The first-order valence-corrected chi connectivity index (χ1v) is 7.90. The van der Waals surface area contributed by atoms with E-state index in [-0.39, 0.29) is 12.3 Å². The number of amides is 1. The minimum Gasteiger partial charge on any atom is -0.388 e. The zero-order valence-electron chi connectivity index (χ0n) is 10.8. The van der Waals surface area contributed by atoms with Gasteiger partial charge in [0.25, 0.3) is 0 Å². The highest BCUT2D eigenvalue weighted by molar-refractivity contribution is 7.99. The van der Waals surface area contributed by atoms with Crippen LogP contribution in [-0.4, -0.2) is 29.1 Å². The van der Waals surface area contributed by atoms with Crippen molar-refractivity contribution in [3.8, 4) is 0 Å². The Morgan fingerprint density at radius 3 is 2.47 bits per heavy atom. The van der Waals surface area contributed by atoms with Crippen molar-refractivity contribution in [3.05, 3.63) is 33.8 Å². The lowest BCUT2D eigenvalue weighted by Gasteiger charge is -2.14. The van der Waals surface area contributed by atoms with E-state index in [0.29, 0.717) is 27.4 Å². The lowest BCUT2D eigenvalue weighted by Crippen LogP contribution is -2.30. The van der Waals surface area contributed by atoms with Crippen LogP contribution in [0.3, 0.4) is 0 Å². The normalized spacial score (nSPS) is 13.9. The maximum atomic E-state index is 11.7. The zero-order chi connectivity index (χ0) is 14.4. The molecule has 1 amide bonds. The van der Waals surface area contributed by atoms with Crippen LogP contribution in [0.25, 0.3) is 0 Å². The highest BCUT2D eigenvalue weighted by Crippen LogP contribution is 2.25. The Morgan fingerprint density at radius 1 is 1.37 bits per heavy atom. The summed E-state index contributed by atoms with van der Waals surface area (Å²) in [5, 5.41) is 14.0. The van der Waals surface area contributed by atoms with Gasteiger partial charge >= 0.3 is 0 Å². The third-order valence-corrected chi connectivity index (χ3v) is 4.05. The van der Waals surface area contributed by atoms with Crippen LogP contribution >= 0.6 is 35.0 Å². The van der Waals surface area contributed by atoms with Crippen molar-refractivity contribution in [1.82, 2.24) is 5.32 Å². The Morgan fingerprint density at radius 2 is 1.95 bits per heavy atom. The number of hydrogen-bond acceptors (Lipinski definition) is 3. The van der Waals surface area contributed by atoms with Crippen LogP contribution in [0.1, 0.15) is 25.0 Å². The molecular weight excluding hydrogens is 305 g/mol. The molecule has 1 aromatic rings. The number of halogens is 2. The molecule has 2 atom stereocenters. The highest BCUT2D eigenvalue weighted by atomic mass is 35.5. The molecule has 0 aliphatic rings. The molecule has 0 bridgehead atoms. The van der Waals surface area contributed by atoms with Crippen LogP contribution in [0.2, 0.25) is 10.0 Å². The van der Waals surface area contributed by atoms with Crippen molar-refractivity contribution in [2.45, 2.75) is 24.7 Å². The Bertz CT molecular complexity index is 422. The number of benzene rings is 1. The van der Waals surface area contributed by atoms with Gasteiger partial charge in [-0.25, -0.2) is 0 Å². The maximum Gasteiger partial charge on any atom is 0.222 e. The third-order valence-electron chi connectivity index (χ3n) is 2.64. The van der Waals surface area contributed by atoms with Crippen molar-refractivity contribution < 1.29 is 9.90 Å².